The normalized spacial score (nSPS) is 10.2. The van der Waals surface area contributed by atoms with Crippen molar-refractivity contribution in [1.29, 1.82) is 0 Å². The largest absolute Gasteiger partial charge is 0.507 e. The van der Waals surface area contributed by atoms with Crippen molar-refractivity contribution in [1.82, 2.24) is 10.4 Å². The van der Waals surface area contributed by atoms with Crippen molar-refractivity contribution in [3.63, 3.8) is 0 Å². The van der Waals surface area contributed by atoms with Gasteiger partial charge in [0.05, 0.1) is 11.8 Å². The first-order valence-electron chi connectivity index (χ1n) is 7.47. The van der Waals surface area contributed by atoms with E-state index in [1.54, 1.807) is 30.5 Å². The smallest absolute Gasteiger partial charge is 0.272 e. The molecule has 1 aromatic heterocycles. The zero-order valence-corrected chi connectivity index (χ0v) is 13.7. The van der Waals surface area contributed by atoms with Crippen molar-refractivity contribution in [2.24, 2.45) is 5.10 Å². The molecular weight excluding hydrogens is 308 g/mol. The second kappa shape index (κ2) is 9.26. The van der Waals surface area contributed by atoms with Crippen LogP contribution in [0.15, 0.2) is 47.8 Å². The van der Waals surface area contributed by atoms with Gasteiger partial charge in [0.2, 0.25) is 0 Å². The molecular formula is C17H22N4O3. The number of rotatable bonds is 6. The predicted molar refractivity (Wildman–Crippen MR) is 94.6 cm³/mol. The Labute approximate surface area is 141 Å². The summed E-state index contributed by atoms with van der Waals surface area (Å²) in [5.74, 6) is -0.234. The number of carbonyl (C=O) groups is 1. The number of phenols is 1. The first-order chi connectivity index (χ1) is 11.2. The summed E-state index contributed by atoms with van der Waals surface area (Å²) in [6.45, 7) is 5.85. The molecule has 2 rings (SSSR count). The van der Waals surface area contributed by atoms with E-state index in [9.17, 15) is 9.90 Å². The second-order valence-electron chi connectivity index (χ2n) is 4.86. The summed E-state index contributed by atoms with van der Waals surface area (Å²) >= 11 is 0. The van der Waals surface area contributed by atoms with Crippen molar-refractivity contribution < 1.29 is 15.4 Å². The Morgan fingerprint density at radius 1 is 1.33 bits per heavy atom. The maximum atomic E-state index is 11.8. The summed E-state index contributed by atoms with van der Waals surface area (Å²) in [6, 6.07) is 8.70. The second-order valence-corrected chi connectivity index (χ2v) is 4.86. The zero-order chi connectivity index (χ0) is 16.7. The molecule has 0 aliphatic rings. The first kappa shape index (κ1) is 19.1. The van der Waals surface area contributed by atoms with Crippen LogP contribution in [0.4, 0.5) is 5.69 Å². The van der Waals surface area contributed by atoms with E-state index in [1.807, 2.05) is 6.07 Å². The van der Waals surface area contributed by atoms with Gasteiger partial charge in [0.25, 0.3) is 5.91 Å². The third kappa shape index (κ3) is 4.79. The van der Waals surface area contributed by atoms with Crippen LogP contribution in [0.5, 0.6) is 5.75 Å². The van der Waals surface area contributed by atoms with Crippen LogP contribution in [-0.2, 0) is 0 Å². The van der Waals surface area contributed by atoms with Gasteiger partial charge in [-0.05, 0) is 38.1 Å². The lowest BCUT2D eigenvalue weighted by Gasteiger charge is -2.21. The van der Waals surface area contributed by atoms with Gasteiger partial charge in [-0.1, -0.05) is 0 Å². The lowest BCUT2D eigenvalue weighted by molar-refractivity contribution is 0.0954. The molecule has 4 N–H and O–H groups in total. The van der Waals surface area contributed by atoms with Crippen molar-refractivity contribution in [3.8, 4) is 5.75 Å². The zero-order valence-electron chi connectivity index (χ0n) is 13.7. The quantitative estimate of drug-likeness (QED) is 0.619. The van der Waals surface area contributed by atoms with Gasteiger partial charge in [-0.15, -0.1) is 0 Å². The van der Waals surface area contributed by atoms with E-state index in [1.165, 1.54) is 12.4 Å². The fourth-order valence-corrected chi connectivity index (χ4v) is 2.15. The molecule has 0 aliphatic carbocycles. The Kier molecular flexibility index (Phi) is 7.38. The molecule has 0 atom stereocenters. The van der Waals surface area contributed by atoms with E-state index in [-0.39, 0.29) is 17.1 Å². The van der Waals surface area contributed by atoms with Gasteiger partial charge in [0, 0.05) is 42.8 Å². The van der Waals surface area contributed by atoms with E-state index < -0.39 is 0 Å². The predicted octanol–water partition coefficient (Wildman–Crippen LogP) is 1.57. The number of aromatic hydroxyl groups is 1. The summed E-state index contributed by atoms with van der Waals surface area (Å²) < 4.78 is 0. The molecule has 0 aliphatic heterocycles. The molecule has 0 unspecified atom stereocenters. The van der Waals surface area contributed by atoms with Crippen LogP contribution in [0, 0.1) is 0 Å². The Hall–Kier alpha value is -2.93. The van der Waals surface area contributed by atoms with Gasteiger partial charge in [-0.25, -0.2) is 5.43 Å². The minimum Gasteiger partial charge on any atom is -0.507 e. The SMILES string of the molecule is CCN(CC)c1ccc(/C=N/NC(=O)c2cccnc2)c(O)c1.O. The maximum absolute atomic E-state index is 11.8. The highest BCUT2D eigenvalue weighted by atomic mass is 16.3. The number of benzene rings is 1. The molecule has 24 heavy (non-hydrogen) atoms. The summed E-state index contributed by atoms with van der Waals surface area (Å²) in [4.78, 5) is 17.8. The van der Waals surface area contributed by atoms with E-state index in [0.29, 0.717) is 11.1 Å². The number of nitrogens with one attached hydrogen (secondary N) is 1. The Balaban J connectivity index is 0.00000288. The number of aromatic nitrogens is 1. The van der Waals surface area contributed by atoms with Gasteiger partial charge in [-0.3, -0.25) is 9.78 Å². The van der Waals surface area contributed by atoms with Crippen LogP contribution >= 0.6 is 0 Å². The molecule has 0 radical (unpaired) electrons. The van der Waals surface area contributed by atoms with E-state index in [0.717, 1.165) is 18.8 Å². The van der Waals surface area contributed by atoms with Crippen molar-refractivity contribution in [3.05, 3.63) is 53.9 Å². The molecule has 128 valence electrons. The molecule has 0 saturated carbocycles. The van der Waals surface area contributed by atoms with Crippen LogP contribution in [-0.4, -0.2) is 40.8 Å². The number of pyridine rings is 1. The highest BCUT2D eigenvalue weighted by Gasteiger charge is 2.06. The molecule has 0 bridgehead atoms. The number of phenolic OH excluding ortho intramolecular Hbond substituents is 1. The average Bonchev–Trinajstić information content (AvgIpc) is 2.58. The van der Waals surface area contributed by atoms with Crippen molar-refractivity contribution in [2.45, 2.75) is 13.8 Å². The van der Waals surface area contributed by atoms with E-state index in [4.69, 9.17) is 0 Å². The number of hydrogen-bond donors (Lipinski definition) is 2. The standard InChI is InChI=1S/C17H20N4O2.H2O/c1-3-21(4-2)15-8-7-13(16(22)10-15)12-19-20-17(23)14-6-5-9-18-11-14;/h5-12,22H,3-4H2,1-2H3,(H,20,23);1H2/b19-12+;. The Morgan fingerprint density at radius 3 is 2.67 bits per heavy atom. The summed E-state index contributed by atoms with van der Waals surface area (Å²) in [5, 5.41) is 13.9. The Morgan fingerprint density at radius 2 is 2.08 bits per heavy atom. The monoisotopic (exact) mass is 330 g/mol. The van der Waals surface area contributed by atoms with Crippen LogP contribution < -0.4 is 10.3 Å². The topological polar surface area (TPSA) is 109 Å². The minimum absolute atomic E-state index is 0. The first-order valence-corrected chi connectivity index (χ1v) is 7.47. The number of hydrogen-bond acceptors (Lipinski definition) is 5. The summed E-state index contributed by atoms with van der Waals surface area (Å²) in [6.07, 6.45) is 4.46. The number of anilines is 1. The van der Waals surface area contributed by atoms with Crippen molar-refractivity contribution in [2.75, 3.05) is 18.0 Å². The van der Waals surface area contributed by atoms with E-state index >= 15 is 0 Å². The number of amides is 1. The third-order valence-corrected chi connectivity index (χ3v) is 3.44. The van der Waals surface area contributed by atoms with Gasteiger partial charge in [-0.2, -0.15) is 5.10 Å². The summed E-state index contributed by atoms with van der Waals surface area (Å²) in [5.41, 5.74) is 4.31. The minimum atomic E-state index is -0.353. The van der Waals surface area contributed by atoms with Crippen LogP contribution in [0.2, 0.25) is 0 Å². The molecule has 7 heteroatoms. The van der Waals surface area contributed by atoms with Gasteiger partial charge < -0.3 is 15.5 Å². The molecule has 1 aromatic carbocycles. The van der Waals surface area contributed by atoms with Crippen LogP contribution in [0.1, 0.15) is 29.8 Å². The molecule has 1 heterocycles. The fourth-order valence-electron chi connectivity index (χ4n) is 2.15. The molecule has 0 spiro atoms. The highest BCUT2D eigenvalue weighted by molar-refractivity contribution is 5.94. The average molecular weight is 330 g/mol. The van der Waals surface area contributed by atoms with Crippen molar-refractivity contribution >= 4 is 17.8 Å². The summed E-state index contributed by atoms with van der Waals surface area (Å²) in [7, 11) is 0. The Bertz CT molecular complexity index is 685. The number of hydrazone groups is 1. The molecule has 0 saturated heterocycles. The molecule has 2 aromatic rings. The van der Waals surface area contributed by atoms with E-state index in [2.05, 4.69) is 34.3 Å². The van der Waals surface area contributed by atoms with Gasteiger partial charge in [0.15, 0.2) is 0 Å². The van der Waals surface area contributed by atoms with Crippen LogP contribution in [0.3, 0.4) is 0 Å². The van der Waals surface area contributed by atoms with Crippen LogP contribution in [0.25, 0.3) is 0 Å². The molecule has 1 amide bonds. The fraction of sp³-hybridized carbons (Fsp3) is 0.235. The van der Waals surface area contributed by atoms with Gasteiger partial charge >= 0.3 is 0 Å². The number of carbonyl (C=O) groups excluding carboxylic acids is 1. The molecule has 7 nitrogen and oxygen atoms in total. The van der Waals surface area contributed by atoms with Gasteiger partial charge in [0.1, 0.15) is 5.75 Å². The maximum Gasteiger partial charge on any atom is 0.272 e. The molecule has 0 fully saturated rings. The lowest BCUT2D eigenvalue weighted by atomic mass is 10.2. The third-order valence-electron chi connectivity index (χ3n) is 3.44. The number of nitrogens with zero attached hydrogens (tertiary/aromatic N) is 3. The highest BCUT2D eigenvalue weighted by Crippen LogP contribution is 2.23. The lowest BCUT2D eigenvalue weighted by Crippen LogP contribution is -2.21.